The van der Waals surface area contributed by atoms with Gasteiger partial charge < -0.3 is 26.8 Å². The van der Waals surface area contributed by atoms with Crippen molar-refractivity contribution in [1.82, 2.24) is 15.3 Å². The van der Waals surface area contributed by atoms with Crippen LogP contribution in [0.25, 0.3) is 11.4 Å². The average molecular weight is 398 g/mol. The third-order valence-corrected chi connectivity index (χ3v) is 3.95. The summed E-state index contributed by atoms with van der Waals surface area (Å²) in [6.07, 6.45) is 3.87. The number of rotatable bonds is 7. The van der Waals surface area contributed by atoms with Crippen molar-refractivity contribution in [2.75, 3.05) is 5.32 Å². The van der Waals surface area contributed by atoms with Gasteiger partial charge in [-0.25, -0.2) is 9.97 Å². The molecule has 3 rings (SSSR count). The maximum Gasteiger partial charge on any atom is 0.267 e. The summed E-state index contributed by atoms with van der Waals surface area (Å²) in [6.45, 7) is 1.56. The monoisotopic (exact) mass is 398 g/mol. The highest BCUT2D eigenvalue weighted by atomic mass is 19.1. The quantitative estimate of drug-likeness (QED) is 0.513. The summed E-state index contributed by atoms with van der Waals surface area (Å²) in [7, 11) is 0. The number of hydrogen-bond acceptors (Lipinski definition) is 7. The molecule has 1 aliphatic rings. The van der Waals surface area contributed by atoms with E-state index in [1.54, 1.807) is 43.3 Å². The minimum absolute atomic E-state index is 0.0201. The number of benzene rings is 1. The van der Waals surface area contributed by atoms with Crippen LogP contribution in [0.3, 0.4) is 0 Å². The Morgan fingerprint density at radius 2 is 1.97 bits per heavy atom. The summed E-state index contributed by atoms with van der Waals surface area (Å²) in [4.78, 5) is 31.3. The Morgan fingerprint density at radius 3 is 2.59 bits per heavy atom. The SMILES string of the molecule is C[C@H](Nc1cc(C(N)=O)nc(-c2ccc(OC3C=CC=C(F)N3)cc2)n1)C(N)=O. The molecule has 1 aromatic carbocycles. The lowest BCUT2D eigenvalue weighted by Gasteiger charge is -2.19. The first-order valence-electron chi connectivity index (χ1n) is 8.64. The second kappa shape index (κ2) is 8.38. The van der Waals surface area contributed by atoms with E-state index in [0.717, 1.165) is 0 Å². The van der Waals surface area contributed by atoms with Crippen molar-refractivity contribution in [2.24, 2.45) is 11.5 Å². The van der Waals surface area contributed by atoms with Crippen LogP contribution in [0.15, 0.2) is 54.5 Å². The number of halogens is 1. The van der Waals surface area contributed by atoms with Crippen LogP contribution >= 0.6 is 0 Å². The Kier molecular flexibility index (Phi) is 5.72. The first-order valence-corrected chi connectivity index (χ1v) is 8.64. The largest absolute Gasteiger partial charge is 0.467 e. The van der Waals surface area contributed by atoms with Gasteiger partial charge in [0, 0.05) is 11.6 Å². The van der Waals surface area contributed by atoms with Gasteiger partial charge in [0.05, 0.1) is 0 Å². The average Bonchev–Trinajstić information content (AvgIpc) is 2.68. The Balaban J connectivity index is 1.82. The van der Waals surface area contributed by atoms with Crippen LogP contribution in [0.1, 0.15) is 17.4 Å². The number of nitrogens with one attached hydrogen (secondary N) is 2. The van der Waals surface area contributed by atoms with E-state index in [2.05, 4.69) is 20.6 Å². The molecule has 1 aromatic heterocycles. The van der Waals surface area contributed by atoms with Gasteiger partial charge in [-0.15, -0.1) is 0 Å². The molecule has 0 saturated heterocycles. The van der Waals surface area contributed by atoms with Crippen LogP contribution in [0.4, 0.5) is 10.2 Å². The van der Waals surface area contributed by atoms with E-state index in [1.165, 1.54) is 12.1 Å². The molecule has 1 aliphatic heterocycles. The number of carbonyl (C=O) groups excluding carboxylic acids is 2. The van der Waals surface area contributed by atoms with Crippen molar-refractivity contribution in [2.45, 2.75) is 19.2 Å². The highest BCUT2D eigenvalue weighted by molar-refractivity contribution is 5.92. The fourth-order valence-corrected chi connectivity index (χ4v) is 2.44. The number of ether oxygens (including phenoxy) is 1. The van der Waals surface area contributed by atoms with Crippen molar-refractivity contribution in [3.05, 3.63) is 60.2 Å². The molecule has 2 amide bonds. The van der Waals surface area contributed by atoms with Crippen LogP contribution in [-0.2, 0) is 4.79 Å². The zero-order valence-corrected chi connectivity index (χ0v) is 15.4. The number of anilines is 1. The fourth-order valence-electron chi connectivity index (χ4n) is 2.44. The molecule has 0 aliphatic carbocycles. The van der Waals surface area contributed by atoms with Crippen molar-refractivity contribution in [3.8, 4) is 17.1 Å². The van der Waals surface area contributed by atoms with Crippen molar-refractivity contribution < 1.29 is 18.7 Å². The molecule has 150 valence electrons. The van der Waals surface area contributed by atoms with Gasteiger partial charge in [-0.1, -0.05) is 6.08 Å². The molecule has 0 bridgehead atoms. The summed E-state index contributed by atoms with van der Waals surface area (Å²) < 4.78 is 18.9. The molecule has 6 N–H and O–H groups in total. The lowest BCUT2D eigenvalue weighted by molar-refractivity contribution is -0.118. The Morgan fingerprint density at radius 1 is 1.24 bits per heavy atom. The summed E-state index contributed by atoms with van der Waals surface area (Å²) in [6, 6.07) is 7.29. The van der Waals surface area contributed by atoms with Crippen LogP contribution in [0, 0.1) is 0 Å². The summed E-state index contributed by atoms with van der Waals surface area (Å²) >= 11 is 0. The summed E-state index contributed by atoms with van der Waals surface area (Å²) in [5, 5.41) is 5.33. The molecule has 2 aromatic rings. The molecule has 1 unspecified atom stereocenters. The smallest absolute Gasteiger partial charge is 0.267 e. The number of amides is 2. The number of nitrogens with two attached hydrogens (primary N) is 2. The Labute approximate surface area is 165 Å². The van der Waals surface area contributed by atoms with E-state index >= 15 is 0 Å². The van der Waals surface area contributed by atoms with Crippen LogP contribution < -0.4 is 26.8 Å². The standard InChI is InChI=1S/C19H19FN6O3/c1-10(17(21)27)23-15-9-13(18(22)28)24-19(26-15)11-5-7-12(8-6-11)29-16-4-2-3-14(20)25-16/h2-10,16,25H,1H3,(H2,21,27)(H2,22,28)(H,23,24,26)/t10-,16?/m0/s1. The van der Waals surface area contributed by atoms with Gasteiger partial charge in [-0.2, -0.15) is 4.39 Å². The van der Waals surface area contributed by atoms with E-state index in [9.17, 15) is 14.0 Å². The van der Waals surface area contributed by atoms with Gasteiger partial charge in [-0.05, 0) is 43.3 Å². The normalized spacial score (nSPS) is 16.3. The fraction of sp³-hybridized carbons (Fsp3) is 0.158. The first-order chi connectivity index (χ1) is 13.8. The third-order valence-electron chi connectivity index (χ3n) is 3.95. The van der Waals surface area contributed by atoms with Gasteiger partial charge in [0.1, 0.15) is 23.3 Å². The number of primary amides is 2. The topological polar surface area (TPSA) is 145 Å². The predicted octanol–water partition coefficient (Wildman–Crippen LogP) is 1.20. The molecule has 0 radical (unpaired) electrons. The molecule has 2 heterocycles. The van der Waals surface area contributed by atoms with Crippen molar-refractivity contribution >= 4 is 17.6 Å². The molecule has 0 saturated carbocycles. The minimum atomic E-state index is -0.742. The first kappa shape index (κ1) is 19.8. The van der Waals surface area contributed by atoms with Crippen molar-refractivity contribution in [1.29, 1.82) is 0 Å². The van der Waals surface area contributed by atoms with E-state index in [4.69, 9.17) is 16.2 Å². The van der Waals surface area contributed by atoms with E-state index in [0.29, 0.717) is 11.3 Å². The second-order valence-corrected chi connectivity index (χ2v) is 6.20. The van der Waals surface area contributed by atoms with Gasteiger partial charge in [0.15, 0.2) is 18.0 Å². The van der Waals surface area contributed by atoms with E-state index in [1.807, 2.05) is 0 Å². The molecule has 9 nitrogen and oxygen atoms in total. The van der Waals surface area contributed by atoms with Gasteiger partial charge in [0.25, 0.3) is 5.91 Å². The number of aromatic nitrogens is 2. The number of allylic oxidation sites excluding steroid dienone is 2. The van der Waals surface area contributed by atoms with Crippen LogP contribution in [0.5, 0.6) is 5.75 Å². The molecular weight excluding hydrogens is 379 g/mol. The summed E-state index contributed by atoms with van der Waals surface area (Å²) in [5.74, 6) is -0.878. The number of carbonyl (C=O) groups is 2. The summed E-state index contributed by atoms with van der Waals surface area (Å²) in [5.41, 5.74) is 11.1. The Bertz CT molecular complexity index is 990. The van der Waals surface area contributed by atoms with Crippen LogP contribution in [-0.4, -0.2) is 34.1 Å². The number of dihydropyridines is 1. The highest BCUT2D eigenvalue weighted by Gasteiger charge is 2.15. The minimum Gasteiger partial charge on any atom is -0.467 e. The number of hydrogen-bond donors (Lipinski definition) is 4. The third kappa shape index (κ3) is 5.06. The molecule has 0 spiro atoms. The van der Waals surface area contributed by atoms with Crippen molar-refractivity contribution in [3.63, 3.8) is 0 Å². The Hall–Kier alpha value is -3.95. The number of nitrogens with zero attached hydrogens (tertiary/aromatic N) is 2. The lowest BCUT2D eigenvalue weighted by Crippen LogP contribution is -2.33. The second-order valence-electron chi connectivity index (χ2n) is 6.20. The van der Waals surface area contributed by atoms with Gasteiger partial charge in [-0.3, -0.25) is 9.59 Å². The highest BCUT2D eigenvalue weighted by Crippen LogP contribution is 2.22. The molecule has 2 atom stereocenters. The predicted molar refractivity (Wildman–Crippen MR) is 104 cm³/mol. The van der Waals surface area contributed by atoms with E-state index in [-0.39, 0.29) is 17.3 Å². The molecule has 10 heteroatoms. The maximum atomic E-state index is 13.2. The van der Waals surface area contributed by atoms with Gasteiger partial charge in [0.2, 0.25) is 5.91 Å². The zero-order valence-electron chi connectivity index (χ0n) is 15.4. The molecular formula is C19H19FN6O3. The molecule has 0 fully saturated rings. The zero-order chi connectivity index (χ0) is 21.0. The maximum absolute atomic E-state index is 13.2. The van der Waals surface area contributed by atoms with E-state index < -0.39 is 30.0 Å². The lowest BCUT2D eigenvalue weighted by atomic mass is 10.2. The molecule has 29 heavy (non-hydrogen) atoms. The van der Waals surface area contributed by atoms with Crippen LogP contribution in [0.2, 0.25) is 0 Å². The van der Waals surface area contributed by atoms with Gasteiger partial charge >= 0.3 is 0 Å².